The molecule has 1 aromatic heterocycles. The average Bonchev–Trinajstić information content (AvgIpc) is 3.06. The number of thioether (sulfide) groups is 1. The number of hydrogen-bond donors (Lipinski definition) is 1. The van der Waals surface area contributed by atoms with Gasteiger partial charge in [-0.3, -0.25) is 9.10 Å². The second-order valence-electron chi connectivity index (χ2n) is 6.66. The van der Waals surface area contributed by atoms with Crippen LogP contribution >= 0.6 is 23.4 Å². The van der Waals surface area contributed by atoms with Gasteiger partial charge in [0.05, 0.1) is 35.0 Å². The highest BCUT2D eigenvalue weighted by atomic mass is 35.5. The fourth-order valence-electron chi connectivity index (χ4n) is 2.65. The van der Waals surface area contributed by atoms with E-state index in [9.17, 15) is 22.0 Å². The number of carbonyl (C=O) groups excluding carboxylic acids is 1. The third-order valence-electron chi connectivity index (χ3n) is 4.26. The molecule has 0 atom stereocenters. The molecule has 0 bridgehead atoms. The molecule has 0 aliphatic heterocycles. The van der Waals surface area contributed by atoms with Gasteiger partial charge in [0.25, 0.3) is 0 Å². The van der Waals surface area contributed by atoms with Crippen molar-refractivity contribution in [1.29, 1.82) is 0 Å². The number of nitrogens with one attached hydrogen (secondary N) is 1. The Kier molecular flexibility index (Phi) is 7.36. The summed E-state index contributed by atoms with van der Waals surface area (Å²) in [4.78, 5) is 12.2. The smallest absolute Gasteiger partial charge is 0.234 e. The van der Waals surface area contributed by atoms with Crippen LogP contribution < -0.4 is 9.62 Å². The average molecular weight is 502 g/mol. The lowest BCUT2D eigenvalue weighted by atomic mass is 10.3. The first-order chi connectivity index (χ1) is 15.0. The summed E-state index contributed by atoms with van der Waals surface area (Å²) in [5.74, 6) is -1.10. The Morgan fingerprint density at radius 3 is 2.44 bits per heavy atom. The van der Waals surface area contributed by atoms with E-state index in [1.807, 2.05) is 0 Å². The van der Waals surface area contributed by atoms with Gasteiger partial charge in [0, 0.05) is 7.05 Å². The maximum absolute atomic E-state index is 13.2. The Hall–Kier alpha value is -2.70. The summed E-state index contributed by atoms with van der Waals surface area (Å²) < 4.78 is 53.5. The van der Waals surface area contributed by atoms with E-state index >= 15 is 0 Å². The summed E-state index contributed by atoms with van der Waals surface area (Å²) in [5, 5.41) is 11.1. The molecule has 170 valence electrons. The lowest BCUT2D eigenvalue weighted by molar-refractivity contribution is -0.113. The van der Waals surface area contributed by atoms with E-state index in [-0.39, 0.29) is 28.7 Å². The van der Waals surface area contributed by atoms with Crippen molar-refractivity contribution in [2.24, 2.45) is 7.05 Å². The van der Waals surface area contributed by atoms with Gasteiger partial charge in [0.1, 0.15) is 11.6 Å². The predicted molar refractivity (Wildman–Crippen MR) is 119 cm³/mol. The molecule has 0 unspecified atom stereocenters. The summed E-state index contributed by atoms with van der Waals surface area (Å²) >= 11 is 6.98. The van der Waals surface area contributed by atoms with Gasteiger partial charge in [0.15, 0.2) is 11.0 Å². The second kappa shape index (κ2) is 9.84. The van der Waals surface area contributed by atoms with E-state index in [0.717, 1.165) is 40.5 Å². The molecule has 3 aromatic rings. The number of nitrogens with zero attached hydrogens (tertiary/aromatic N) is 4. The van der Waals surface area contributed by atoms with Crippen molar-refractivity contribution in [2.75, 3.05) is 21.6 Å². The monoisotopic (exact) mass is 501 g/mol. The molecule has 0 aliphatic rings. The highest BCUT2D eigenvalue weighted by Crippen LogP contribution is 2.24. The van der Waals surface area contributed by atoms with Crippen LogP contribution in [-0.2, 0) is 28.4 Å². The Bertz CT molecular complexity index is 1240. The van der Waals surface area contributed by atoms with Crippen LogP contribution in [0.1, 0.15) is 5.82 Å². The van der Waals surface area contributed by atoms with Crippen LogP contribution in [-0.4, -0.2) is 41.1 Å². The molecule has 0 saturated carbocycles. The number of sulfonamides is 1. The summed E-state index contributed by atoms with van der Waals surface area (Å²) in [5.41, 5.74) is 0.557. The van der Waals surface area contributed by atoms with Crippen molar-refractivity contribution in [3.63, 3.8) is 0 Å². The van der Waals surface area contributed by atoms with Gasteiger partial charge in [0.2, 0.25) is 15.9 Å². The minimum atomic E-state index is -3.68. The first kappa shape index (κ1) is 24.0. The van der Waals surface area contributed by atoms with E-state index < -0.39 is 27.6 Å². The Morgan fingerprint density at radius 2 is 1.81 bits per heavy atom. The van der Waals surface area contributed by atoms with Gasteiger partial charge in [-0.25, -0.2) is 17.2 Å². The summed E-state index contributed by atoms with van der Waals surface area (Å²) in [6, 6.07) is 8.66. The topological polar surface area (TPSA) is 97.2 Å². The van der Waals surface area contributed by atoms with Crippen LogP contribution in [0.3, 0.4) is 0 Å². The maximum atomic E-state index is 13.2. The molecule has 0 aliphatic carbocycles. The quantitative estimate of drug-likeness (QED) is 0.475. The highest BCUT2D eigenvalue weighted by Gasteiger charge is 2.22. The van der Waals surface area contributed by atoms with Crippen LogP contribution in [0.5, 0.6) is 0 Å². The number of halogens is 3. The van der Waals surface area contributed by atoms with Gasteiger partial charge >= 0.3 is 0 Å². The number of aromatic nitrogens is 3. The van der Waals surface area contributed by atoms with Gasteiger partial charge < -0.3 is 9.88 Å². The number of amides is 1. The van der Waals surface area contributed by atoms with E-state index in [1.54, 1.807) is 11.6 Å². The number of hydrogen-bond acceptors (Lipinski definition) is 6. The van der Waals surface area contributed by atoms with Gasteiger partial charge in [-0.15, -0.1) is 10.2 Å². The van der Waals surface area contributed by atoms with Crippen molar-refractivity contribution in [2.45, 2.75) is 11.7 Å². The van der Waals surface area contributed by atoms with E-state index in [2.05, 4.69) is 15.5 Å². The second-order valence-corrected chi connectivity index (χ2v) is 9.92. The molecule has 0 fully saturated rings. The Morgan fingerprint density at radius 1 is 1.16 bits per heavy atom. The summed E-state index contributed by atoms with van der Waals surface area (Å²) in [6.45, 7) is -0.133. The summed E-state index contributed by atoms with van der Waals surface area (Å²) in [7, 11) is -2.05. The molecular formula is C19H18ClF2N5O3S2. The molecule has 8 nitrogen and oxygen atoms in total. The van der Waals surface area contributed by atoms with Crippen molar-refractivity contribution >= 4 is 50.7 Å². The molecule has 3 rings (SSSR count). The van der Waals surface area contributed by atoms with Crippen molar-refractivity contribution in [3.05, 3.63) is 64.9 Å². The molecule has 0 saturated heterocycles. The van der Waals surface area contributed by atoms with Crippen LogP contribution in [0, 0.1) is 11.6 Å². The zero-order valence-corrected chi connectivity index (χ0v) is 19.3. The number of benzene rings is 2. The molecule has 32 heavy (non-hydrogen) atoms. The molecular weight excluding hydrogens is 484 g/mol. The largest absolute Gasteiger partial charge is 0.324 e. The standard InChI is InChI=1S/C19H18ClF2N5O3S2/c1-26-17(10-27(32(2,29)30)14-6-3-12(21)4-7-14)24-25-19(26)31-11-18(28)23-16-8-5-13(22)9-15(16)20/h3-9H,10-11H2,1-2H3,(H,23,28). The summed E-state index contributed by atoms with van der Waals surface area (Å²) in [6.07, 6.45) is 1.04. The molecule has 0 radical (unpaired) electrons. The Balaban J connectivity index is 1.68. The maximum Gasteiger partial charge on any atom is 0.234 e. The zero-order chi connectivity index (χ0) is 23.5. The van der Waals surface area contributed by atoms with E-state index in [4.69, 9.17) is 11.6 Å². The van der Waals surface area contributed by atoms with Gasteiger partial charge in [-0.05, 0) is 42.5 Å². The predicted octanol–water partition coefficient (Wildman–Crippen LogP) is 3.44. The SMILES string of the molecule is Cn1c(CN(c2ccc(F)cc2)S(C)(=O)=O)nnc1SCC(=O)Nc1ccc(F)cc1Cl. The molecule has 1 heterocycles. The lowest BCUT2D eigenvalue weighted by Crippen LogP contribution is -2.30. The first-order valence-electron chi connectivity index (χ1n) is 9.04. The minimum Gasteiger partial charge on any atom is -0.324 e. The van der Waals surface area contributed by atoms with Crippen molar-refractivity contribution in [3.8, 4) is 0 Å². The minimum absolute atomic E-state index is 0.0343. The number of rotatable bonds is 8. The Labute approximate surface area is 192 Å². The van der Waals surface area contributed by atoms with Crippen LogP contribution in [0.4, 0.5) is 20.2 Å². The van der Waals surface area contributed by atoms with Crippen LogP contribution in [0.25, 0.3) is 0 Å². The highest BCUT2D eigenvalue weighted by molar-refractivity contribution is 7.99. The first-order valence-corrected chi connectivity index (χ1v) is 12.2. The molecule has 2 aromatic carbocycles. The van der Waals surface area contributed by atoms with Gasteiger partial charge in [-0.1, -0.05) is 23.4 Å². The lowest BCUT2D eigenvalue weighted by Gasteiger charge is -2.21. The molecule has 1 amide bonds. The van der Waals surface area contributed by atoms with Crippen molar-refractivity contribution in [1.82, 2.24) is 14.8 Å². The molecule has 13 heteroatoms. The molecule has 0 spiro atoms. The fourth-order valence-corrected chi connectivity index (χ4v) is 4.45. The third-order valence-corrected chi connectivity index (χ3v) is 6.74. The van der Waals surface area contributed by atoms with E-state index in [1.165, 1.54) is 24.3 Å². The van der Waals surface area contributed by atoms with Crippen LogP contribution in [0.15, 0.2) is 47.6 Å². The van der Waals surface area contributed by atoms with E-state index in [0.29, 0.717) is 11.0 Å². The number of carbonyl (C=O) groups is 1. The normalized spacial score (nSPS) is 11.4. The zero-order valence-electron chi connectivity index (χ0n) is 16.9. The number of anilines is 2. The van der Waals surface area contributed by atoms with Crippen molar-refractivity contribution < 1.29 is 22.0 Å². The fraction of sp³-hybridized carbons (Fsp3) is 0.211. The third kappa shape index (κ3) is 5.96. The van der Waals surface area contributed by atoms with Gasteiger partial charge in [-0.2, -0.15) is 0 Å². The molecule has 1 N–H and O–H groups in total. The van der Waals surface area contributed by atoms with Crippen LogP contribution in [0.2, 0.25) is 5.02 Å².